The lowest BCUT2D eigenvalue weighted by atomic mass is 10.2. The molecule has 1 aliphatic rings. The largest absolute Gasteiger partial charge is 1.00 e. The molecule has 0 atom stereocenters. The molecule has 0 saturated carbocycles. The summed E-state index contributed by atoms with van der Waals surface area (Å²) in [7, 11) is 6.27. The van der Waals surface area contributed by atoms with Gasteiger partial charge in [-0.3, -0.25) is 0 Å². The van der Waals surface area contributed by atoms with E-state index in [0.717, 1.165) is 6.54 Å². The third-order valence-electron chi connectivity index (χ3n) is 2.88. The number of thioether (sulfide) groups is 1. The van der Waals surface area contributed by atoms with Gasteiger partial charge >= 0.3 is 0 Å². The molecule has 0 saturated heterocycles. The van der Waals surface area contributed by atoms with Gasteiger partial charge in [0.1, 0.15) is 7.05 Å². The second-order valence-corrected chi connectivity index (χ2v) is 5.54. The first-order chi connectivity index (χ1) is 8.16. The second kappa shape index (κ2) is 7.19. The van der Waals surface area contributed by atoms with Crippen LogP contribution < -0.4 is 28.9 Å². The van der Waals surface area contributed by atoms with Crippen molar-refractivity contribution in [3.63, 3.8) is 0 Å². The molecule has 1 aliphatic heterocycles. The maximum Gasteiger partial charge on any atom is 0.234 e. The van der Waals surface area contributed by atoms with Gasteiger partial charge in [0, 0.05) is 25.9 Å². The van der Waals surface area contributed by atoms with Crippen LogP contribution in [-0.4, -0.2) is 43.1 Å². The van der Waals surface area contributed by atoms with Gasteiger partial charge in [-0.15, -0.1) is 0 Å². The van der Waals surface area contributed by atoms with E-state index in [4.69, 9.17) is 0 Å². The Labute approximate surface area is 131 Å². The molecular formula is C14H19IN2S. The third kappa shape index (κ3) is 4.02. The lowest BCUT2D eigenvalue weighted by Crippen LogP contribution is -3.00. The normalized spacial score (nSPS) is 15.1. The second-order valence-electron chi connectivity index (χ2n) is 4.43. The highest BCUT2D eigenvalue weighted by molar-refractivity contribution is 8.14. The molecule has 18 heavy (non-hydrogen) atoms. The van der Waals surface area contributed by atoms with Crippen molar-refractivity contribution in [3.05, 3.63) is 35.9 Å². The molecule has 1 aromatic carbocycles. The Bertz CT molecular complexity index is 449. The SMILES string of the molecule is CN(C)c1ccc(/C=C/C2=[N+](C)CCS2)cc1.[I-]. The highest BCUT2D eigenvalue weighted by Crippen LogP contribution is 2.15. The van der Waals surface area contributed by atoms with E-state index in [2.05, 4.69) is 67.0 Å². The predicted molar refractivity (Wildman–Crippen MR) is 78.3 cm³/mol. The summed E-state index contributed by atoms with van der Waals surface area (Å²) in [5.74, 6) is 1.20. The molecule has 2 rings (SSSR count). The van der Waals surface area contributed by atoms with Gasteiger partial charge in [-0.2, -0.15) is 0 Å². The van der Waals surface area contributed by atoms with Gasteiger partial charge in [0.05, 0.1) is 5.75 Å². The Morgan fingerprint density at radius 2 is 1.83 bits per heavy atom. The molecule has 98 valence electrons. The molecule has 0 unspecified atom stereocenters. The Kier molecular flexibility index (Phi) is 6.21. The number of nitrogens with zero attached hydrogens (tertiary/aromatic N) is 2. The fourth-order valence-corrected chi connectivity index (χ4v) is 2.78. The molecule has 2 nitrogen and oxygen atoms in total. The van der Waals surface area contributed by atoms with Crippen LogP contribution >= 0.6 is 11.8 Å². The van der Waals surface area contributed by atoms with Crippen LogP contribution in [-0.2, 0) is 0 Å². The number of benzene rings is 1. The maximum absolute atomic E-state index is 2.30. The first kappa shape index (κ1) is 15.6. The van der Waals surface area contributed by atoms with Crippen molar-refractivity contribution in [1.82, 2.24) is 0 Å². The Balaban J connectivity index is 0.00000162. The van der Waals surface area contributed by atoms with Crippen molar-refractivity contribution in [1.29, 1.82) is 0 Å². The minimum atomic E-state index is 0. The first-order valence-electron chi connectivity index (χ1n) is 5.83. The topological polar surface area (TPSA) is 6.25 Å². The van der Waals surface area contributed by atoms with Gasteiger partial charge in [-0.25, -0.2) is 4.58 Å². The molecule has 0 aliphatic carbocycles. The third-order valence-corrected chi connectivity index (χ3v) is 4.01. The molecule has 4 heteroatoms. The highest BCUT2D eigenvalue weighted by Gasteiger charge is 2.15. The van der Waals surface area contributed by atoms with E-state index in [9.17, 15) is 0 Å². The summed E-state index contributed by atoms with van der Waals surface area (Å²) in [6, 6.07) is 8.61. The van der Waals surface area contributed by atoms with Crippen LogP contribution in [0.1, 0.15) is 5.56 Å². The van der Waals surface area contributed by atoms with Crippen LogP contribution in [0, 0.1) is 0 Å². The van der Waals surface area contributed by atoms with Crippen LogP contribution in [0.5, 0.6) is 0 Å². The Morgan fingerprint density at radius 1 is 1.17 bits per heavy atom. The minimum Gasteiger partial charge on any atom is -1.00 e. The van der Waals surface area contributed by atoms with Crippen LogP contribution in [0.15, 0.2) is 30.3 Å². The van der Waals surface area contributed by atoms with E-state index in [1.165, 1.54) is 22.0 Å². The molecule has 1 heterocycles. The zero-order chi connectivity index (χ0) is 12.3. The highest BCUT2D eigenvalue weighted by atomic mass is 127. The quantitative estimate of drug-likeness (QED) is 0.523. The lowest BCUT2D eigenvalue weighted by molar-refractivity contribution is -0.485. The Morgan fingerprint density at radius 3 is 2.33 bits per heavy atom. The van der Waals surface area contributed by atoms with Gasteiger partial charge in [0.25, 0.3) is 0 Å². The fraction of sp³-hybridized carbons (Fsp3) is 0.357. The fourth-order valence-electron chi connectivity index (χ4n) is 1.73. The summed E-state index contributed by atoms with van der Waals surface area (Å²) in [5, 5.41) is 1.36. The lowest BCUT2D eigenvalue weighted by Gasteiger charge is -2.11. The number of rotatable bonds is 3. The van der Waals surface area contributed by atoms with Crippen LogP contribution in [0.25, 0.3) is 6.08 Å². The summed E-state index contributed by atoms with van der Waals surface area (Å²) in [6.07, 6.45) is 4.39. The summed E-state index contributed by atoms with van der Waals surface area (Å²) in [4.78, 5) is 2.11. The minimum absolute atomic E-state index is 0. The molecule has 0 N–H and O–H groups in total. The first-order valence-corrected chi connectivity index (χ1v) is 6.82. The van der Waals surface area contributed by atoms with Gasteiger partial charge in [-0.1, -0.05) is 23.9 Å². The zero-order valence-corrected chi connectivity index (χ0v) is 14.0. The van der Waals surface area contributed by atoms with Crippen molar-refractivity contribution in [2.75, 3.05) is 38.3 Å². The number of hydrogen-bond donors (Lipinski definition) is 0. The number of anilines is 1. The van der Waals surface area contributed by atoms with Gasteiger partial charge in [0.15, 0.2) is 6.54 Å². The van der Waals surface area contributed by atoms with Crippen LogP contribution in [0.4, 0.5) is 5.69 Å². The number of hydrogen-bond acceptors (Lipinski definition) is 2. The molecule has 0 bridgehead atoms. The molecule has 0 spiro atoms. The summed E-state index contributed by atoms with van der Waals surface area (Å²) < 4.78 is 2.30. The molecular weight excluding hydrogens is 355 g/mol. The summed E-state index contributed by atoms with van der Waals surface area (Å²) in [6.45, 7) is 1.16. The van der Waals surface area contributed by atoms with E-state index in [1.807, 2.05) is 11.8 Å². The maximum atomic E-state index is 2.30. The van der Waals surface area contributed by atoms with E-state index in [1.54, 1.807) is 0 Å². The Hall–Kier alpha value is -0.490. The van der Waals surface area contributed by atoms with Crippen molar-refractivity contribution in [2.24, 2.45) is 0 Å². The van der Waals surface area contributed by atoms with Gasteiger partial charge in [0.2, 0.25) is 5.04 Å². The molecule has 0 aromatic heterocycles. The van der Waals surface area contributed by atoms with Crippen molar-refractivity contribution < 1.29 is 28.6 Å². The van der Waals surface area contributed by atoms with Crippen LogP contribution in [0.3, 0.4) is 0 Å². The molecule has 0 amide bonds. The van der Waals surface area contributed by atoms with Crippen molar-refractivity contribution in [3.8, 4) is 0 Å². The average Bonchev–Trinajstić information content (AvgIpc) is 2.73. The van der Waals surface area contributed by atoms with E-state index >= 15 is 0 Å². The van der Waals surface area contributed by atoms with Gasteiger partial charge in [-0.05, 0) is 23.8 Å². The average molecular weight is 374 g/mol. The van der Waals surface area contributed by atoms with Gasteiger partial charge < -0.3 is 28.9 Å². The summed E-state index contributed by atoms with van der Waals surface area (Å²) in [5.41, 5.74) is 2.49. The number of halogens is 1. The van der Waals surface area contributed by atoms with Crippen LogP contribution in [0.2, 0.25) is 0 Å². The van der Waals surface area contributed by atoms with E-state index < -0.39 is 0 Å². The molecule has 0 radical (unpaired) electrons. The van der Waals surface area contributed by atoms with E-state index in [0.29, 0.717) is 0 Å². The standard InChI is InChI=1S/C14H19N2S.HI/c1-15(2)13-7-4-12(5-8-13)6-9-14-16(3)10-11-17-14;/h4-9H,10-11H2,1-3H3;1H/q+1;/p-1. The van der Waals surface area contributed by atoms with Crippen molar-refractivity contribution in [2.45, 2.75) is 0 Å². The van der Waals surface area contributed by atoms with Crippen molar-refractivity contribution >= 4 is 28.6 Å². The molecule has 1 aromatic rings. The predicted octanol–water partition coefficient (Wildman–Crippen LogP) is -0.443. The monoisotopic (exact) mass is 374 g/mol. The molecule has 0 fully saturated rings. The summed E-state index contributed by atoms with van der Waals surface area (Å²) >= 11 is 1.93. The zero-order valence-electron chi connectivity index (χ0n) is 11.1. The smallest absolute Gasteiger partial charge is 0.234 e. The van der Waals surface area contributed by atoms with E-state index in [-0.39, 0.29) is 24.0 Å².